The molecule has 0 aromatic carbocycles. The molecular formula is C27H35BN6O3. The molecule has 0 N–H and O–H groups in total. The van der Waals surface area contributed by atoms with E-state index in [9.17, 15) is 4.79 Å². The lowest BCUT2D eigenvalue weighted by atomic mass is 9.80. The predicted octanol–water partition coefficient (Wildman–Crippen LogP) is 3.67. The van der Waals surface area contributed by atoms with Gasteiger partial charge in [-0.3, -0.25) is 14.1 Å². The minimum atomic E-state index is -0.503. The quantitative estimate of drug-likeness (QED) is 0.359. The van der Waals surface area contributed by atoms with Crippen molar-refractivity contribution in [2.24, 2.45) is 5.92 Å². The maximum Gasteiger partial charge on any atom is 0.496 e. The van der Waals surface area contributed by atoms with E-state index in [4.69, 9.17) is 19.3 Å². The lowest BCUT2D eigenvalue weighted by Gasteiger charge is -2.32. The highest BCUT2D eigenvalue weighted by Gasteiger charge is 2.52. The fourth-order valence-corrected chi connectivity index (χ4v) is 5.03. The van der Waals surface area contributed by atoms with Crippen LogP contribution in [0.3, 0.4) is 0 Å². The normalized spacial score (nSPS) is 19.1. The summed E-state index contributed by atoms with van der Waals surface area (Å²) in [4.78, 5) is 27.7. The molecule has 0 amide bonds. The second-order valence-corrected chi connectivity index (χ2v) is 11.9. The van der Waals surface area contributed by atoms with Gasteiger partial charge < -0.3 is 13.9 Å². The Balaban J connectivity index is 1.42. The number of rotatable bonds is 7. The average Bonchev–Trinajstić information content (AvgIpc) is 3.49. The summed E-state index contributed by atoms with van der Waals surface area (Å²) in [5.41, 5.74) is 3.35. The maximum atomic E-state index is 13.5. The summed E-state index contributed by atoms with van der Waals surface area (Å²) < 4.78 is 18.4. The fraction of sp³-hybridized carbons (Fsp3) is 0.556. The molecular weight excluding hydrogens is 467 g/mol. The molecule has 0 radical (unpaired) electrons. The van der Waals surface area contributed by atoms with Crippen molar-refractivity contribution >= 4 is 34.8 Å². The van der Waals surface area contributed by atoms with Crippen molar-refractivity contribution in [3.63, 3.8) is 0 Å². The van der Waals surface area contributed by atoms with Gasteiger partial charge in [-0.05, 0) is 65.0 Å². The van der Waals surface area contributed by atoms with Gasteiger partial charge >= 0.3 is 12.8 Å². The second kappa shape index (κ2) is 8.53. The van der Waals surface area contributed by atoms with Crippen LogP contribution in [0.25, 0.3) is 22.2 Å². The van der Waals surface area contributed by atoms with Crippen LogP contribution in [-0.2, 0) is 22.4 Å². The molecule has 2 fully saturated rings. The van der Waals surface area contributed by atoms with E-state index >= 15 is 0 Å². The standard InChI is InChI=1S/C27H35BN6O3/c1-17(2)10-12-32-23(16-33-22-15-29-11-9-21(22)34(25(33)35)19-7-8-19)31-20-13-18(14-30-24(20)32)28-36-26(3,4)27(5,6)37-28/h9,11,13-15,17,19H,7-8,10,12,16H2,1-6H3. The highest BCUT2D eigenvalue weighted by atomic mass is 16.7. The number of hydrogen-bond donors (Lipinski definition) is 0. The number of aryl methyl sites for hydroxylation is 1. The summed E-state index contributed by atoms with van der Waals surface area (Å²) in [5.74, 6) is 1.34. The summed E-state index contributed by atoms with van der Waals surface area (Å²) in [6, 6.07) is 4.23. The Labute approximate surface area is 217 Å². The monoisotopic (exact) mass is 502 g/mol. The zero-order valence-electron chi connectivity index (χ0n) is 22.6. The molecule has 0 spiro atoms. The number of pyridine rings is 2. The topological polar surface area (TPSA) is 89.0 Å². The van der Waals surface area contributed by atoms with Crippen molar-refractivity contribution in [2.45, 2.75) is 91.1 Å². The van der Waals surface area contributed by atoms with Crippen molar-refractivity contribution in [3.8, 4) is 0 Å². The molecule has 5 heterocycles. The molecule has 1 saturated carbocycles. The van der Waals surface area contributed by atoms with Gasteiger partial charge in [0.2, 0.25) is 0 Å². The first-order valence-electron chi connectivity index (χ1n) is 13.3. The number of nitrogens with zero attached hydrogens (tertiary/aromatic N) is 6. The maximum absolute atomic E-state index is 13.5. The predicted molar refractivity (Wildman–Crippen MR) is 144 cm³/mol. The highest BCUT2D eigenvalue weighted by molar-refractivity contribution is 6.62. The van der Waals surface area contributed by atoms with Crippen LogP contribution in [0.2, 0.25) is 0 Å². The molecule has 1 saturated heterocycles. The van der Waals surface area contributed by atoms with Gasteiger partial charge in [-0.15, -0.1) is 0 Å². The molecule has 0 atom stereocenters. The summed E-state index contributed by atoms with van der Waals surface area (Å²) in [7, 11) is -0.503. The van der Waals surface area contributed by atoms with E-state index in [0.717, 1.165) is 59.3 Å². The molecule has 1 aliphatic heterocycles. The number of imidazole rings is 2. The van der Waals surface area contributed by atoms with Crippen LogP contribution in [0.4, 0.5) is 0 Å². The zero-order valence-corrected chi connectivity index (χ0v) is 22.6. The van der Waals surface area contributed by atoms with Gasteiger partial charge in [0.1, 0.15) is 11.3 Å². The smallest absolute Gasteiger partial charge is 0.399 e. The first-order valence-corrected chi connectivity index (χ1v) is 13.3. The molecule has 1 aliphatic carbocycles. The number of hydrogen-bond acceptors (Lipinski definition) is 6. The zero-order chi connectivity index (χ0) is 26.1. The van der Waals surface area contributed by atoms with Crippen molar-refractivity contribution in [2.75, 3.05) is 0 Å². The molecule has 9 nitrogen and oxygen atoms in total. The number of aromatic nitrogens is 6. The summed E-state index contributed by atoms with van der Waals surface area (Å²) in [6.07, 6.45) is 8.44. The first kappa shape index (κ1) is 24.4. The highest BCUT2D eigenvalue weighted by Crippen LogP contribution is 2.37. The van der Waals surface area contributed by atoms with E-state index in [1.807, 2.05) is 55.2 Å². The minimum absolute atomic E-state index is 0.00108. The van der Waals surface area contributed by atoms with E-state index in [-0.39, 0.29) is 11.7 Å². The van der Waals surface area contributed by atoms with Gasteiger partial charge in [0.05, 0.1) is 35.0 Å². The summed E-state index contributed by atoms with van der Waals surface area (Å²) in [6.45, 7) is 13.7. The Kier molecular flexibility index (Phi) is 5.62. The first-order chi connectivity index (χ1) is 17.6. The molecule has 2 aliphatic rings. The molecule has 0 bridgehead atoms. The Morgan fingerprint density at radius 2 is 1.81 bits per heavy atom. The van der Waals surface area contributed by atoms with Gasteiger partial charge in [0.25, 0.3) is 0 Å². The van der Waals surface area contributed by atoms with E-state index in [1.165, 1.54) is 0 Å². The van der Waals surface area contributed by atoms with Crippen LogP contribution in [0.15, 0.2) is 35.5 Å². The van der Waals surface area contributed by atoms with Crippen molar-refractivity contribution in [1.82, 2.24) is 28.7 Å². The van der Waals surface area contributed by atoms with Crippen molar-refractivity contribution in [1.29, 1.82) is 0 Å². The SMILES string of the molecule is CC(C)CCn1c(Cn2c(=O)n(C3CC3)c3ccncc32)nc2cc(B3OC(C)(C)C(C)(C)O3)cnc21. The van der Waals surface area contributed by atoms with Crippen LogP contribution >= 0.6 is 0 Å². The third-order valence-corrected chi connectivity index (χ3v) is 8.12. The largest absolute Gasteiger partial charge is 0.496 e. The second-order valence-electron chi connectivity index (χ2n) is 11.9. The summed E-state index contributed by atoms with van der Waals surface area (Å²) >= 11 is 0. The van der Waals surface area contributed by atoms with E-state index in [0.29, 0.717) is 12.5 Å². The van der Waals surface area contributed by atoms with Crippen LogP contribution in [-0.4, -0.2) is 47.0 Å². The Morgan fingerprint density at radius 3 is 2.49 bits per heavy atom. The Morgan fingerprint density at radius 1 is 1.08 bits per heavy atom. The average molecular weight is 502 g/mol. The van der Waals surface area contributed by atoms with Gasteiger partial charge in [0, 0.05) is 30.4 Å². The van der Waals surface area contributed by atoms with Crippen LogP contribution in [0, 0.1) is 5.92 Å². The molecule has 4 aromatic heterocycles. The molecule has 194 valence electrons. The van der Waals surface area contributed by atoms with E-state index in [2.05, 4.69) is 23.4 Å². The Hall–Kier alpha value is -2.98. The summed E-state index contributed by atoms with van der Waals surface area (Å²) in [5, 5.41) is 0. The van der Waals surface area contributed by atoms with E-state index < -0.39 is 18.3 Å². The van der Waals surface area contributed by atoms with Gasteiger partial charge in [-0.1, -0.05) is 13.8 Å². The lowest BCUT2D eigenvalue weighted by molar-refractivity contribution is 0.00578. The number of fused-ring (bicyclic) bond motifs is 2. The van der Waals surface area contributed by atoms with Gasteiger partial charge in [-0.2, -0.15) is 0 Å². The minimum Gasteiger partial charge on any atom is -0.399 e. The molecule has 10 heteroatoms. The third-order valence-electron chi connectivity index (χ3n) is 8.12. The van der Waals surface area contributed by atoms with Crippen molar-refractivity contribution in [3.05, 3.63) is 47.0 Å². The fourth-order valence-electron chi connectivity index (χ4n) is 5.03. The van der Waals surface area contributed by atoms with Crippen LogP contribution in [0.1, 0.15) is 72.7 Å². The molecule has 0 unspecified atom stereocenters. The van der Waals surface area contributed by atoms with Gasteiger partial charge in [-0.25, -0.2) is 14.8 Å². The third kappa shape index (κ3) is 4.10. The van der Waals surface area contributed by atoms with E-state index in [1.54, 1.807) is 12.4 Å². The van der Waals surface area contributed by atoms with Crippen LogP contribution in [0.5, 0.6) is 0 Å². The van der Waals surface area contributed by atoms with Crippen molar-refractivity contribution < 1.29 is 9.31 Å². The lowest BCUT2D eigenvalue weighted by Crippen LogP contribution is -2.41. The Bertz CT molecular complexity index is 1530. The molecule has 4 aromatic rings. The van der Waals surface area contributed by atoms with Crippen LogP contribution < -0.4 is 11.2 Å². The van der Waals surface area contributed by atoms with Gasteiger partial charge in [0.15, 0.2) is 5.65 Å². The molecule has 6 rings (SSSR count). The molecule has 37 heavy (non-hydrogen) atoms.